The maximum Gasteiger partial charge on any atom is 0.148 e. The SMILES string of the molecule is [2H]C([2H])([2H])c1cc(-c2ccccc2)ccc1-n1c(-c2cc(C(C)(C)C)cc(C(C)(C)C)c2O)nc2c(-c3[c-]c(-c4cc(-c5ccc(-c6ccccc6)cc5)ccn4)cc(C(C)(C)C)c3)cccc21.[Pt]. The van der Waals surface area contributed by atoms with Gasteiger partial charge in [0.2, 0.25) is 0 Å². The van der Waals surface area contributed by atoms with Gasteiger partial charge in [-0.25, -0.2) is 4.98 Å². The van der Waals surface area contributed by atoms with Gasteiger partial charge in [0.25, 0.3) is 0 Å². The van der Waals surface area contributed by atoms with Crippen LogP contribution in [0.2, 0.25) is 0 Å². The Kier molecular flexibility index (Phi) is 11.4. The number of hydrogen-bond donors (Lipinski definition) is 1. The second-order valence-corrected chi connectivity index (χ2v) is 20.3. The summed E-state index contributed by atoms with van der Waals surface area (Å²) in [6.07, 6.45) is 1.86. The van der Waals surface area contributed by atoms with Gasteiger partial charge in [-0.15, -0.1) is 29.3 Å². The molecule has 0 aliphatic carbocycles. The molecule has 0 aliphatic heterocycles. The number of aromatic hydroxyl groups is 1. The summed E-state index contributed by atoms with van der Waals surface area (Å²) in [5.74, 6) is 0.559. The Morgan fingerprint density at radius 1 is 0.530 bits per heavy atom. The molecular formula is C61H58N3OPt-. The van der Waals surface area contributed by atoms with Crippen molar-refractivity contribution in [3.8, 4) is 78.6 Å². The molecular weight excluding hydrogens is 986 g/mol. The minimum absolute atomic E-state index is 0. The van der Waals surface area contributed by atoms with E-state index in [0.29, 0.717) is 28.1 Å². The number of imidazole rings is 1. The van der Waals surface area contributed by atoms with E-state index in [0.717, 1.165) is 66.9 Å². The van der Waals surface area contributed by atoms with Crippen molar-refractivity contribution in [3.63, 3.8) is 0 Å². The van der Waals surface area contributed by atoms with E-state index in [1.54, 1.807) is 6.07 Å². The number of aryl methyl sites for hydroxylation is 1. The molecule has 9 rings (SSSR count). The van der Waals surface area contributed by atoms with Crippen molar-refractivity contribution in [1.82, 2.24) is 14.5 Å². The minimum Gasteiger partial charge on any atom is -0.507 e. The summed E-state index contributed by atoms with van der Waals surface area (Å²) in [4.78, 5) is 10.4. The molecule has 334 valence electrons. The molecule has 0 saturated heterocycles. The number of fused-ring (bicyclic) bond motifs is 1. The van der Waals surface area contributed by atoms with E-state index in [-0.39, 0.29) is 43.2 Å². The summed E-state index contributed by atoms with van der Waals surface area (Å²) >= 11 is 0. The van der Waals surface area contributed by atoms with Gasteiger partial charge in [0.05, 0.1) is 22.3 Å². The topological polar surface area (TPSA) is 50.9 Å². The summed E-state index contributed by atoms with van der Waals surface area (Å²) in [6.45, 7) is 16.9. The predicted octanol–water partition coefficient (Wildman–Crippen LogP) is 16.1. The number of nitrogens with zero attached hydrogens (tertiary/aromatic N) is 3. The Morgan fingerprint density at radius 2 is 1.09 bits per heavy atom. The number of para-hydroxylation sites is 1. The first kappa shape index (κ1) is 42.3. The predicted molar refractivity (Wildman–Crippen MR) is 273 cm³/mol. The zero-order chi connectivity index (χ0) is 48.3. The largest absolute Gasteiger partial charge is 0.507 e. The van der Waals surface area contributed by atoms with E-state index in [2.05, 4.69) is 147 Å². The molecule has 2 aromatic heterocycles. The fourth-order valence-electron chi connectivity index (χ4n) is 8.62. The zero-order valence-corrected chi connectivity index (χ0v) is 41.5. The standard InChI is InChI=1S/C61H58N3O.Pt/c1-39-32-44(41-20-15-12-16-21-41)28-29-54(39)64-55-23-17-22-50(56(55)63-58(64)51-37-49(60(5,6)7)38-52(57(51)65)61(8,9)10)46-33-47(35-48(34-46)59(2,3)4)53-36-45(30-31-62-53)43-26-24-42(25-27-43)40-18-13-11-14-19-40;/h11-32,34-38,65H,1-10H3;/q-1;/i1D3;. The summed E-state index contributed by atoms with van der Waals surface area (Å²) in [7, 11) is 0. The summed E-state index contributed by atoms with van der Waals surface area (Å²) in [6, 6.07) is 56.9. The first-order valence-electron chi connectivity index (χ1n) is 24.0. The molecule has 1 N–H and O–H groups in total. The van der Waals surface area contributed by atoms with E-state index in [1.807, 2.05) is 83.6 Å². The molecule has 0 aliphatic rings. The monoisotopic (exact) mass is 1050 g/mol. The summed E-state index contributed by atoms with van der Waals surface area (Å²) in [5, 5.41) is 12.5. The molecule has 4 nitrogen and oxygen atoms in total. The van der Waals surface area contributed by atoms with Gasteiger partial charge in [0.15, 0.2) is 0 Å². The average Bonchev–Trinajstić information content (AvgIpc) is 3.70. The molecule has 66 heavy (non-hydrogen) atoms. The quantitative estimate of drug-likeness (QED) is 0.162. The number of phenolic OH excluding ortho intramolecular Hbond substituents is 1. The van der Waals surface area contributed by atoms with E-state index in [4.69, 9.17) is 14.1 Å². The smallest absolute Gasteiger partial charge is 0.148 e. The number of phenols is 1. The van der Waals surface area contributed by atoms with Crippen LogP contribution < -0.4 is 0 Å². The molecule has 0 saturated carbocycles. The third kappa shape index (κ3) is 9.09. The zero-order valence-electron chi connectivity index (χ0n) is 42.2. The fourth-order valence-corrected chi connectivity index (χ4v) is 8.62. The number of benzene rings is 7. The second kappa shape index (κ2) is 17.8. The summed E-state index contributed by atoms with van der Waals surface area (Å²) < 4.78 is 28.8. The van der Waals surface area contributed by atoms with Crippen molar-refractivity contribution in [3.05, 3.63) is 192 Å². The normalized spacial score (nSPS) is 12.9. The van der Waals surface area contributed by atoms with Gasteiger partial charge in [-0.2, -0.15) is 0 Å². The van der Waals surface area contributed by atoms with Crippen LogP contribution in [-0.2, 0) is 37.3 Å². The van der Waals surface area contributed by atoms with Crippen LogP contribution in [0.4, 0.5) is 0 Å². The maximum absolute atomic E-state index is 12.5. The van der Waals surface area contributed by atoms with Gasteiger partial charge in [0, 0.05) is 42.6 Å². The molecule has 2 heterocycles. The Balaban J connectivity index is 0.00000642. The van der Waals surface area contributed by atoms with Crippen molar-refractivity contribution in [2.24, 2.45) is 0 Å². The Bertz CT molecular complexity index is 3320. The van der Waals surface area contributed by atoms with Crippen LogP contribution in [0.25, 0.3) is 83.9 Å². The second-order valence-electron chi connectivity index (χ2n) is 20.3. The van der Waals surface area contributed by atoms with Crippen molar-refractivity contribution in [2.45, 2.75) is 85.4 Å². The van der Waals surface area contributed by atoms with Crippen molar-refractivity contribution in [1.29, 1.82) is 0 Å². The van der Waals surface area contributed by atoms with Crippen molar-refractivity contribution < 1.29 is 30.3 Å². The van der Waals surface area contributed by atoms with Crippen LogP contribution >= 0.6 is 0 Å². The van der Waals surface area contributed by atoms with Gasteiger partial charge in [-0.1, -0.05) is 189 Å². The third-order valence-corrected chi connectivity index (χ3v) is 12.4. The molecule has 7 aromatic carbocycles. The van der Waals surface area contributed by atoms with Crippen molar-refractivity contribution in [2.75, 3.05) is 0 Å². The molecule has 0 bridgehead atoms. The molecule has 5 heteroatoms. The fraction of sp³-hybridized carbons (Fsp3) is 0.213. The van der Waals surface area contributed by atoms with Crippen LogP contribution in [0.5, 0.6) is 5.75 Å². The maximum atomic E-state index is 12.5. The number of pyridine rings is 1. The average molecular weight is 1050 g/mol. The Labute approximate surface area is 410 Å². The van der Waals surface area contributed by atoms with Crippen LogP contribution in [0.15, 0.2) is 164 Å². The number of hydrogen-bond acceptors (Lipinski definition) is 3. The first-order valence-corrected chi connectivity index (χ1v) is 22.5. The minimum atomic E-state index is -2.49. The number of rotatable bonds is 7. The molecule has 0 amide bonds. The van der Waals surface area contributed by atoms with E-state index < -0.39 is 12.3 Å². The number of aromatic nitrogens is 3. The molecule has 9 aromatic rings. The van der Waals surface area contributed by atoms with E-state index >= 15 is 0 Å². The van der Waals surface area contributed by atoms with Crippen molar-refractivity contribution >= 4 is 11.0 Å². The Morgan fingerprint density at radius 3 is 1.71 bits per heavy atom. The molecule has 0 unspecified atom stereocenters. The molecule has 0 radical (unpaired) electrons. The van der Waals surface area contributed by atoms with Gasteiger partial charge < -0.3 is 5.11 Å². The van der Waals surface area contributed by atoms with Crippen LogP contribution in [0.1, 0.15) is 88.7 Å². The molecule has 0 fully saturated rings. The van der Waals surface area contributed by atoms with Gasteiger partial charge >= 0.3 is 0 Å². The van der Waals surface area contributed by atoms with E-state index in [9.17, 15) is 5.11 Å². The van der Waals surface area contributed by atoms with Gasteiger partial charge in [-0.3, -0.25) is 9.55 Å². The van der Waals surface area contributed by atoms with Gasteiger partial charge in [-0.05, 0) is 97.9 Å². The van der Waals surface area contributed by atoms with Crippen LogP contribution in [0.3, 0.4) is 0 Å². The Hall–Kier alpha value is -6.35. The third-order valence-electron chi connectivity index (χ3n) is 12.4. The molecule has 0 spiro atoms. The first-order chi connectivity index (χ1) is 32.1. The van der Waals surface area contributed by atoms with Gasteiger partial charge in [0.1, 0.15) is 11.6 Å². The van der Waals surface area contributed by atoms with E-state index in [1.165, 1.54) is 5.56 Å². The van der Waals surface area contributed by atoms with Crippen LogP contribution in [-0.4, -0.2) is 19.6 Å². The summed E-state index contributed by atoms with van der Waals surface area (Å²) in [5.41, 5.74) is 14.0. The van der Waals surface area contributed by atoms with Crippen LogP contribution in [0, 0.1) is 12.9 Å². The molecule has 0 atom stereocenters.